The minimum Gasteiger partial charge on any atom is -0.494 e. The Kier molecular flexibility index (Phi) is 3.12. The number of anilines is 1. The Morgan fingerprint density at radius 2 is 2.22 bits per heavy atom. The normalized spacial score (nSPS) is 24.1. The fourth-order valence-electron chi connectivity index (χ4n) is 2.67. The topological polar surface area (TPSA) is 24.5 Å². The minimum atomic E-state index is -0.296. The van der Waals surface area contributed by atoms with Gasteiger partial charge < -0.3 is 15.0 Å². The summed E-state index contributed by atoms with van der Waals surface area (Å²) in [6, 6.07) is 5.72. The number of nitrogens with one attached hydrogen (secondary N) is 1. The van der Waals surface area contributed by atoms with E-state index in [-0.39, 0.29) is 5.82 Å². The number of benzene rings is 1. The highest BCUT2D eigenvalue weighted by molar-refractivity contribution is 5.52. The van der Waals surface area contributed by atoms with Gasteiger partial charge in [-0.25, -0.2) is 4.39 Å². The molecule has 0 radical (unpaired) electrons. The van der Waals surface area contributed by atoms with Crippen LogP contribution in [0, 0.1) is 11.7 Å². The van der Waals surface area contributed by atoms with Crippen LogP contribution in [0.15, 0.2) is 18.2 Å². The van der Waals surface area contributed by atoms with Crippen molar-refractivity contribution in [3.05, 3.63) is 24.0 Å². The molecule has 1 saturated carbocycles. The average Bonchev–Trinajstić information content (AvgIpc) is 3.24. The van der Waals surface area contributed by atoms with E-state index in [4.69, 9.17) is 4.74 Å². The molecule has 0 aromatic heterocycles. The molecule has 1 N–H and O–H groups in total. The van der Waals surface area contributed by atoms with Crippen LogP contribution in [0.3, 0.4) is 0 Å². The Labute approximate surface area is 107 Å². The first kappa shape index (κ1) is 11.8. The minimum absolute atomic E-state index is 0.296. The number of nitrogens with zero attached hydrogens (tertiary/aromatic N) is 1. The van der Waals surface area contributed by atoms with Crippen molar-refractivity contribution in [2.45, 2.75) is 18.9 Å². The zero-order chi connectivity index (χ0) is 12.5. The average molecular weight is 250 g/mol. The van der Waals surface area contributed by atoms with Gasteiger partial charge in [-0.05, 0) is 30.9 Å². The van der Waals surface area contributed by atoms with Crippen LogP contribution in [0.25, 0.3) is 0 Å². The third-order valence-electron chi connectivity index (χ3n) is 3.90. The van der Waals surface area contributed by atoms with E-state index in [1.165, 1.54) is 26.0 Å². The maximum absolute atomic E-state index is 13.4. The molecule has 1 unspecified atom stereocenters. The number of ether oxygens (including phenoxy) is 1. The van der Waals surface area contributed by atoms with Gasteiger partial charge in [-0.1, -0.05) is 0 Å². The molecule has 1 atom stereocenters. The molecule has 2 aliphatic rings. The summed E-state index contributed by atoms with van der Waals surface area (Å²) in [4.78, 5) is 2.32. The molecule has 0 spiro atoms. The van der Waals surface area contributed by atoms with Gasteiger partial charge in [0, 0.05) is 37.4 Å². The Balaban J connectivity index is 1.76. The molecule has 4 heteroatoms. The van der Waals surface area contributed by atoms with Gasteiger partial charge in [0.05, 0.1) is 7.11 Å². The quantitative estimate of drug-likeness (QED) is 0.888. The van der Waals surface area contributed by atoms with E-state index in [2.05, 4.69) is 10.2 Å². The summed E-state index contributed by atoms with van der Waals surface area (Å²) in [5.74, 6) is 0.874. The first-order chi connectivity index (χ1) is 8.78. The molecule has 1 aliphatic heterocycles. The molecule has 0 bridgehead atoms. The molecule has 1 saturated heterocycles. The van der Waals surface area contributed by atoms with Crippen LogP contribution in [0.2, 0.25) is 0 Å². The van der Waals surface area contributed by atoms with Gasteiger partial charge in [0.1, 0.15) is 0 Å². The summed E-state index contributed by atoms with van der Waals surface area (Å²) in [5.41, 5.74) is 1.06. The lowest BCUT2D eigenvalue weighted by molar-refractivity contribution is 0.385. The standard InChI is InChI=1S/C14H19FN2O/c1-18-14-8-11(4-5-12(14)15)17-7-6-16-13(9-17)10-2-3-10/h4-5,8,10,13,16H,2-3,6-7,9H2,1H3. The zero-order valence-corrected chi connectivity index (χ0v) is 10.7. The number of hydrogen-bond acceptors (Lipinski definition) is 3. The summed E-state index contributed by atoms with van der Waals surface area (Å²) < 4.78 is 18.4. The number of methoxy groups -OCH3 is 1. The van der Waals surface area contributed by atoms with Gasteiger partial charge >= 0.3 is 0 Å². The monoisotopic (exact) mass is 250 g/mol. The van der Waals surface area contributed by atoms with Crippen LogP contribution in [0.4, 0.5) is 10.1 Å². The molecular weight excluding hydrogens is 231 g/mol. The summed E-state index contributed by atoms with van der Waals surface area (Å²) in [6.07, 6.45) is 2.69. The van der Waals surface area contributed by atoms with Crippen molar-refractivity contribution >= 4 is 5.69 Å². The lowest BCUT2D eigenvalue weighted by atomic mass is 10.1. The van der Waals surface area contributed by atoms with Crippen LogP contribution >= 0.6 is 0 Å². The van der Waals surface area contributed by atoms with Gasteiger partial charge in [0.2, 0.25) is 0 Å². The SMILES string of the molecule is COc1cc(N2CCNC(C3CC3)C2)ccc1F. The predicted octanol–water partition coefficient (Wildman–Crippen LogP) is 2.02. The second kappa shape index (κ2) is 4.76. The fourth-order valence-corrected chi connectivity index (χ4v) is 2.67. The molecule has 0 amide bonds. The van der Waals surface area contributed by atoms with Crippen molar-refractivity contribution < 1.29 is 9.13 Å². The van der Waals surface area contributed by atoms with Gasteiger partial charge in [-0.2, -0.15) is 0 Å². The molecule has 18 heavy (non-hydrogen) atoms. The van der Waals surface area contributed by atoms with Crippen molar-refractivity contribution in [2.24, 2.45) is 5.92 Å². The number of halogens is 1. The van der Waals surface area contributed by atoms with Crippen molar-refractivity contribution in [2.75, 3.05) is 31.6 Å². The summed E-state index contributed by atoms with van der Waals surface area (Å²) in [6.45, 7) is 2.98. The number of piperazine rings is 1. The van der Waals surface area contributed by atoms with E-state index >= 15 is 0 Å². The molecule has 1 heterocycles. The van der Waals surface area contributed by atoms with Crippen LogP contribution in [-0.4, -0.2) is 32.8 Å². The molecule has 3 nitrogen and oxygen atoms in total. The third-order valence-corrected chi connectivity index (χ3v) is 3.90. The lowest BCUT2D eigenvalue weighted by Crippen LogP contribution is -2.51. The predicted molar refractivity (Wildman–Crippen MR) is 69.7 cm³/mol. The van der Waals surface area contributed by atoms with E-state index in [0.29, 0.717) is 11.8 Å². The van der Waals surface area contributed by atoms with E-state index in [1.54, 1.807) is 6.07 Å². The zero-order valence-electron chi connectivity index (χ0n) is 10.7. The van der Waals surface area contributed by atoms with Gasteiger partial charge in [0.25, 0.3) is 0 Å². The smallest absolute Gasteiger partial charge is 0.165 e. The molecular formula is C14H19FN2O. The number of rotatable bonds is 3. The molecule has 1 aromatic carbocycles. The summed E-state index contributed by atoms with van der Waals surface area (Å²) >= 11 is 0. The highest BCUT2D eigenvalue weighted by Crippen LogP contribution is 2.35. The second-order valence-corrected chi connectivity index (χ2v) is 5.16. The van der Waals surface area contributed by atoms with E-state index < -0.39 is 0 Å². The fraction of sp³-hybridized carbons (Fsp3) is 0.571. The van der Waals surface area contributed by atoms with Crippen LogP contribution in [0.1, 0.15) is 12.8 Å². The molecule has 1 aromatic rings. The lowest BCUT2D eigenvalue weighted by Gasteiger charge is -2.35. The second-order valence-electron chi connectivity index (χ2n) is 5.16. The van der Waals surface area contributed by atoms with E-state index in [1.807, 2.05) is 6.07 Å². The largest absolute Gasteiger partial charge is 0.494 e. The third kappa shape index (κ3) is 2.29. The van der Waals surface area contributed by atoms with Crippen molar-refractivity contribution in [1.82, 2.24) is 5.32 Å². The van der Waals surface area contributed by atoms with Crippen molar-refractivity contribution in [1.29, 1.82) is 0 Å². The summed E-state index contributed by atoms with van der Waals surface area (Å²) in [5, 5.41) is 3.57. The maximum atomic E-state index is 13.4. The van der Waals surface area contributed by atoms with Gasteiger partial charge in [-0.15, -0.1) is 0 Å². The van der Waals surface area contributed by atoms with Gasteiger partial charge in [-0.3, -0.25) is 0 Å². The Morgan fingerprint density at radius 3 is 2.94 bits per heavy atom. The molecule has 3 rings (SSSR count). The Morgan fingerprint density at radius 1 is 1.39 bits per heavy atom. The number of hydrogen-bond donors (Lipinski definition) is 1. The molecule has 1 aliphatic carbocycles. The van der Waals surface area contributed by atoms with Crippen LogP contribution < -0.4 is 15.0 Å². The first-order valence-corrected chi connectivity index (χ1v) is 6.60. The van der Waals surface area contributed by atoms with Crippen molar-refractivity contribution in [3.63, 3.8) is 0 Å². The molecule has 2 fully saturated rings. The van der Waals surface area contributed by atoms with E-state index in [0.717, 1.165) is 31.2 Å². The van der Waals surface area contributed by atoms with E-state index in [9.17, 15) is 4.39 Å². The Hall–Kier alpha value is -1.29. The highest BCUT2D eigenvalue weighted by atomic mass is 19.1. The van der Waals surface area contributed by atoms with Crippen LogP contribution in [0.5, 0.6) is 5.75 Å². The van der Waals surface area contributed by atoms with Crippen LogP contribution in [-0.2, 0) is 0 Å². The highest BCUT2D eigenvalue weighted by Gasteiger charge is 2.34. The summed E-state index contributed by atoms with van der Waals surface area (Å²) in [7, 11) is 1.51. The first-order valence-electron chi connectivity index (χ1n) is 6.60. The van der Waals surface area contributed by atoms with Gasteiger partial charge in [0.15, 0.2) is 11.6 Å². The maximum Gasteiger partial charge on any atom is 0.165 e. The Bertz CT molecular complexity index is 434. The van der Waals surface area contributed by atoms with Crippen molar-refractivity contribution in [3.8, 4) is 5.75 Å². The molecule has 98 valence electrons.